The highest BCUT2D eigenvalue weighted by Gasteiger charge is 2.35. The number of nitrogens with zero attached hydrogens (tertiary/aromatic N) is 1. The quantitative estimate of drug-likeness (QED) is 0.847. The fourth-order valence-electron chi connectivity index (χ4n) is 2.68. The number of hydrogen-bond acceptors (Lipinski definition) is 2. The Morgan fingerprint density at radius 3 is 2.44 bits per heavy atom. The Morgan fingerprint density at radius 2 is 2.00 bits per heavy atom. The molecule has 1 aromatic heterocycles. The minimum absolute atomic E-state index is 0.176. The highest BCUT2D eigenvalue weighted by atomic mass is 14.7. The van der Waals surface area contributed by atoms with Crippen molar-refractivity contribution in [3.8, 4) is 0 Å². The van der Waals surface area contributed by atoms with Crippen molar-refractivity contribution in [1.29, 1.82) is 0 Å². The maximum absolute atomic E-state index is 5.96. The van der Waals surface area contributed by atoms with Crippen molar-refractivity contribution in [2.45, 2.75) is 50.9 Å². The van der Waals surface area contributed by atoms with Crippen LogP contribution >= 0.6 is 0 Å². The predicted octanol–water partition coefficient (Wildman–Crippen LogP) is 2.98. The number of aromatic nitrogens is 1. The molecular formula is C14H22N2. The SMILES string of the molecule is CC(C)c1ccc(C2(CN)CCCC2)nc1. The van der Waals surface area contributed by atoms with E-state index in [1.54, 1.807) is 0 Å². The lowest BCUT2D eigenvalue weighted by Gasteiger charge is -2.26. The molecule has 0 unspecified atom stereocenters. The Balaban J connectivity index is 2.26. The van der Waals surface area contributed by atoms with Crippen LogP contribution in [0.1, 0.15) is 56.7 Å². The fourth-order valence-corrected chi connectivity index (χ4v) is 2.68. The van der Waals surface area contributed by atoms with E-state index < -0.39 is 0 Å². The summed E-state index contributed by atoms with van der Waals surface area (Å²) in [7, 11) is 0. The summed E-state index contributed by atoms with van der Waals surface area (Å²) in [5.74, 6) is 0.555. The molecule has 0 amide bonds. The Kier molecular flexibility index (Phi) is 3.29. The molecule has 0 spiro atoms. The zero-order valence-electron chi connectivity index (χ0n) is 10.4. The summed E-state index contributed by atoms with van der Waals surface area (Å²) in [5.41, 5.74) is 8.65. The molecule has 16 heavy (non-hydrogen) atoms. The molecule has 1 aliphatic carbocycles. The maximum Gasteiger partial charge on any atom is 0.0478 e. The highest BCUT2D eigenvalue weighted by molar-refractivity contribution is 5.24. The molecule has 1 aromatic rings. The van der Waals surface area contributed by atoms with Gasteiger partial charge in [0.05, 0.1) is 0 Å². The number of nitrogens with two attached hydrogens (primary N) is 1. The normalized spacial score (nSPS) is 19.2. The Hall–Kier alpha value is -0.890. The van der Waals surface area contributed by atoms with Gasteiger partial charge < -0.3 is 5.73 Å². The van der Waals surface area contributed by atoms with Gasteiger partial charge in [-0.3, -0.25) is 4.98 Å². The second kappa shape index (κ2) is 4.54. The summed E-state index contributed by atoms with van der Waals surface area (Å²) in [6, 6.07) is 4.40. The first-order chi connectivity index (χ1) is 7.68. The molecule has 0 atom stereocenters. The van der Waals surface area contributed by atoms with Crippen LogP contribution < -0.4 is 5.73 Å². The van der Waals surface area contributed by atoms with Gasteiger partial charge in [0.15, 0.2) is 0 Å². The van der Waals surface area contributed by atoms with Crippen LogP contribution in [0.3, 0.4) is 0 Å². The molecule has 1 heterocycles. The Labute approximate surface area is 98.3 Å². The van der Waals surface area contributed by atoms with Crippen LogP contribution in [-0.4, -0.2) is 11.5 Å². The van der Waals surface area contributed by atoms with Gasteiger partial charge in [-0.1, -0.05) is 32.8 Å². The van der Waals surface area contributed by atoms with Crippen LogP contribution in [0.5, 0.6) is 0 Å². The van der Waals surface area contributed by atoms with Crippen molar-refractivity contribution in [2.24, 2.45) is 5.73 Å². The van der Waals surface area contributed by atoms with E-state index in [0.29, 0.717) is 5.92 Å². The van der Waals surface area contributed by atoms with Crippen molar-refractivity contribution in [1.82, 2.24) is 4.98 Å². The number of hydrogen-bond donors (Lipinski definition) is 1. The lowest BCUT2D eigenvalue weighted by atomic mass is 9.82. The molecule has 1 saturated carbocycles. The minimum atomic E-state index is 0.176. The van der Waals surface area contributed by atoms with E-state index in [0.717, 1.165) is 6.54 Å². The van der Waals surface area contributed by atoms with Gasteiger partial charge in [-0.15, -0.1) is 0 Å². The molecule has 88 valence electrons. The van der Waals surface area contributed by atoms with E-state index in [-0.39, 0.29) is 5.41 Å². The summed E-state index contributed by atoms with van der Waals surface area (Å²) >= 11 is 0. The fraction of sp³-hybridized carbons (Fsp3) is 0.643. The Morgan fingerprint density at radius 1 is 1.31 bits per heavy atom. The standard InChI is InChI=1S/C14H22N2/c1-11(2)12-5-6-13(16-9-12)14(10-15)7-3-4-8-14/h5-6,9,11H,3-4,7-8,10,15H2,1-2H3. The molecule has 0 aliphatic heterocycles. The van der Waals surface area contributed by atoms with Crippen LogP contribution in [0.25, 0.3) is 0 Å². The highest BCUT2D eigenvalue weighted by Crippen LogP contribution is 2.39. The summed E-state index contributed by atoms with van der Waals surface area (Å²) < 4.78 is 0. The van der Waals surface area contributed by atoms with Crippen molar-refractivity contribution in [2.75, 3.05) is 6.54 Å². The number of rotatable bonds is 3. The van der Waals surface area contributed by atoms with E-state index in [1.165, 1.54) is 36.9 Å². The molecular weight excluding hydrogens is 196 g/mol. The third kappa shape index (κ3) is 1.99. The van der Waals surface area contributed by atoms with Gasteiger partial charge in [0.25, 0.3) is 0 Å². The topological polar surface area (TPSA) is 38.9 Å². The van der Waals surface area contributed by atoms with Crippen LogP contribution in [-0.2, 0) is 5.41 Å². The largest absolute Gasteiger partial charge is 0.330 e. The van der Waals surface area contributed by atoms with Gasteiger partial charge >= 0.3 is 0 Å². The smallest absolute Gasteiger partial charge is 0.0478 e. The lowest BCUT2D eigenvalue weighted by molar-refractivity contribution is 0.439. The molecule has 0 aromatic carbocycles. The molecule has 0 radical (unpaired) electrons. The molecule has 2 nitrogen and oxygen atoms in total. The zero-order valence-corrected chi connectivity index (χ0v) is 10.4. The van der Waals surface area contributed by atoms with Gasteiger partial charge in [-0.2, -0.15) is 0 Å². The molecule has 2 heteroatoms. The van der Waals surface area contributed by atoms with Gasteiger partial charge in [-0.25, -0.2) is 0 Å². The predicted molar refractivity (Wildman–Crippen MR) is 67.5 cm³/mol. The van der Waals surface area contributed by atoms with Crippen LogP contribution in [0.2, 0.25) is 0 Å². The van der Waals surface area contributed by atoms with E-state index in [1.807, 2.05) is 6.20 Å². The molecule has 2 N–H and O–H groups in total. The summed E-state index contributed by atoms with van der Waals surface area (Å²) in [6.45, 7) is 5.14. The second-order valence-electron chi connectivity index (χ2n) is 5.32. The summed E-state index contributed by atoms with van der Waals surface area (Å²) in [6.07, 6.45) is 7.03. The molecule has 0 bridgehead atoms. The van der Waals surface area contributed by atoms with Crippen LogP contribution in [0.15, 0.2) is 18.3 Å². The minimum Gasteiger partial charge on any atom is -0.330 e. The average Bonchev–Trinajstić information content (AvgIpc) is 2.79. The first-order valence-corrected chi connectivity index (χ1v) is 6.34. The average molecular weight is 218 g/mol. The van der Waals surface area contributed by atoms with Crippen molar-refractivity contribution in [3.63, 3.8) is 0 Å². The third-order valence-corrected chi connectivity index (χ3v) is 3.95. The summed E-state index contributed by atoms with van der Waals surface area (Å²) in [4.78, 5) is 4.64. The molecule has 1 fully saturated rings. The van der Waals surface area contributed by atoms with Gasteiger partial charge in [-0.05, 0) is 30.4 Å². The third-order valence-electron chi connectivity index (χ3n) is 3.95. The van der Waals surface area contributed by atoms with Crippen LogP contribution in [0.4, 0.5) is 0 Å². The van der Waals surface area contributed by atoms with Gasteiger partial charge in [0, 0.05) is 23.9 Å². The van der Waals surface area contributed by atoms with Crippen molar-refractivity contribution in [3.05, 3.63) is 29.6 Å². The lowest BCUT2D eigenvalue weighted by Crippen LogP contribution is -2.32. The van der Waals surface area contributed by atoms with E-state index >= 15 is 0 Å². The van der Waals surface area contributed by atoms with Gasteiger partial charge in [0.1, 0.15) is 0 Å². The second-order valence-corrected chi connectivity index (χ2v) is 5.32. The molecule has 1 aliphatic rings. The monoisotopic (exact) mass is 218 g/mol. The summed E-state index contributed by atoms with van der Waals surface area (Å²) in [5, 5.41) is 0. The first kappa shape index (κ1) is 11.6. The van der Waals surface area contributed by atoms with E-state index in [2.05, 4.69) is 31.0 Å². The van der Waals surface area contributed by atoms with E-state index in [9.17, 15) is 0 Å². The Bertz CT molecular complexity index is 334. The number of pyridine rings is 1. The molecule has 2 rings (SSSR count). The van der Waals surface area contributed by atoms with E-state index in [4.69, 9.17) is 5.73 Å². The van der Waals surface area contributed by atoms with Crippen molar-refractivity contribution < 1.29 is 0 Å². The zero-order chi connectivity index (χ0) is 11.6. The van der Waals surface area contributed by atoms with Crippen LogP contribution in [0, 0.1) is 0 Å². The molecule has 0 saturated heterocycles. The van der Waals surface area contributed by atoms with Gasteiger partial charge in [0.2, 0.25) is 0 Å². The maximum atomic E-state index is 5.96. The van der Waals surface area contributed by atoms with Crippen molar-refractivity contribution >= 4 is 0 Å². The first-order valence-electron chi connectivity index (χ1n) is 6.34.